The van der Waals surface area contributed by atoms with E-state index in [0.29, 0.717) is 23.6 Å². The lowest BCUT2D eigenvalue weighted by Crippen LogP contribution is -2.56. The number of likely N-dealkylation sites (N-methyl/N-ethyl adjacent to an activating group) is 1. The summed E-state index contributed by atoms with van der Waals surface area (Å²) in [5, 5.41) is 6.87. The molecule has 2 aliphatic rings. The first kappa shape index (κ1) is 21.7. The molecule has 0 aliphatic carbocycles. The van der Waals surface area contributed by atoms with Crippen LogP contribution in [0, 0.1) is 5.82 Å². The molecule has 0 bridgehead atoms. The highest BCUT2D eigenvalue weighted by Gasteiger charge is 2.37. The van der Waals surface area contributed by atoms with Crippen molar-refractivity contribution in [2.24, 2.45) is 0 Å². The number of hydrogen-bond acceptors (Lipinski definition) is 5. The third-order valence-electron chi connectivity index (χ3n) is 6.46. The lowest BCUT2D eigenvalue weighted by atomic mass is 9.93. The Morgan fingerprint density at radius 2 is 2.00 bits per heavy atom. The van der Waals surface area contributed by atoms with E-state index < -0.39 is 0 Å². The number of benzene rings is 1. The minimum absolute atomic E-state index is 0.0480. The van der Waals surface area contributed by atoms with Crippen molar-refractivity contribution in [3.05, 3.63) is 54.1 Å². The molecule has 6 nitrogen and oxygen atoms in total. The zero-order valence-electron chi connectivity index (χ0n) is 18.2. The van der Waals surface area contributed by atoms with Crippen LogP contribution in [0.25, 0.3) is 0 Å². The second kappa shape index (κ2) is 9.75. The number of likely N-dealkylation sites (tertiary alicyclic amines) is 1. The maximum Gasteiger partial charge on any atom is 0.240 e. The Kier molecular flexibility index (Phi) is 6.83. The highest BCUT2D eigenvalue weighted by Crippen LogP contribution is 2.34. The van der Waals surface area contributed by atoms with Crippen molar-refractivity contribution in [2.75, 3.05) is 13.6 Å². The van der Waals surface area contributed by atoms with Crippen molar-refractivity contribution < 1.29 is 13.9 Å². The van der Waals surface area contributed by atoms with E-state index in [1.165, 1.54) is 12.1 Å². The van der Waals surface area contributed by atoms with Crippen LogP contribution in [0.15, 0.2) is 42.6 Å². The van der Waals surface area contributed by atoms with Gasteiger partial charge in [0.25, 0.3) is 0 Å². The van der Waals surface area contributed by atoms with Gasteiger partial charge in [-0.05, 0) is 76.4 Å². The molecule has 2 fully saturated rings. The predicted molar refractivity (Wildman–Crippen MR) is 117 cm³/mol. The van der Waals surface area contributed by atoms with E-state index in [0.717, 1.165) is 44.3 Å². The smallest absolute Gasteiger partial charge is 0.240 e. The minimum atomic E-state index is -0.300. The fourth-order valence-corrected chi connectivity index (χ4v) is 4.61. The molecule has 0 spiro atoms. The number of carbonyl (C=O) groups is 1. The summed E-state index contributed by atoms with van der Waals surface area (Å²) in [6.07, 6.45) is 6.57. The van der Waals surface area contributed by atoms with Gasteiger partial charge in [0, 0.05) is 30.9 Å². The maximum atomic E-state index is 13.4. The van der Waals surface area contributed by atoms with Crippen LogP contribution >= 0.6 is 0 Å². The van der Waals surface area contributed by atoms with Crippen molar-refractivity contribution in [1.29, 1.82) is 0 Å². The summed E-state index contributed by atoms with van der Waals surface area (Å²) in [4.78, 5) is 19.9. The summed E-state index contributed by atoms with van der Waals surface area (Å²) in [5.74, 6) is 1.07. The SMILES string of the molecule is CNC(C)C1CCCC(C(=O)N2CCCC2c2cc(Oc3ccc(F)cc3)ccn2)N1. The molecule has 1 aromatic heterocycles. The quantitative estimate of drug-likeness (QED) is 0.736. The van der Waals surface area contributed by atoms with Crippen LogP contribution in [0.3, 0.4) is 0 Å². The maximum absolute atomic E-state index is 13.4. The number of halogens is 1. The fraction of sp³-hybridized carbons (Fsp3) is 0.500. The number of ether oxygens (including phenoxy) is 1. The van der Waals surface area contributed by atoms with Crippen LogP contribution in [0.2, 0.25) is 0 Å². The number of nitrogens with zero attached hydrogens (tertiary/aromatic N) is 2. The number of carbonyl (C=O) groups excluding carboxylic acids is 1. The van der Waals surface area contributed by atoms with Gasteiger partial charge in [0.1, 0.15) is 17.3 Å². The summed E-state index contributed by atoms with van der Waals surface area (Å²) < 4.78 is 19.0. The molecule has 3 heterocycles. The van der Waals surface area contributed by atoms with Gasteiger partial charge in [-0.15, -0.1) is 0 Å². The minimum Gasteiger partial charge on any atom is -0.457 e. The van der Waals surface area contributed by atoms with E-state index in [9.17, 15) is 9.18 Å². The molecule has 1 amide bonds. The van der Waals surface area contributed by atoms with Crippen molar-refractivity contribution in [3.63, 3.8) is 0 Å². The molecule has 7 heteroatoms. The first-order valence-electron chi connectivity index (χ1n) is 11.2. The highest BCUT2D eigenvalue weighted by atomic mass is 19.1. The van der Waals surface area contributed by atoms with Crippen LogP contribution in [-0.4, -0.2) is 47.5 Å². The Hall–Kier alpha value is -2.51. The van der Waals surface area contributed by atoms with E-state index >= 15 is 0 Å². The lowest BCUT2D eigenvalue weighted by Gasteiger charge is -2.36. The number of rotatable bonds is 6. The summed E-state index contributed by atoms with van der Waals surface area (Å²) in [5.41, 5.74) is 0.835. The van der Waals surface area contributed by atoms with Gasteiger partial charge in [-0.2, -0.15) is 0 Å². The van der Waals surface area contributed by atoms with Gasteiger partial charge in [-0.3, -0.25) is 9.78 Å². The lowest BCUT2D eigenvalue weighted by molar-refractivity contribution is -0.135. The van der Waals surface area contributed by atoms with Crippen molar-refractivity contribution in [3.8, 4) is 11.5 Å². The molecule has 31 heavy (non-hydrogen) atoms. The number of piperidine rings is 1. The second-order valence-electron chi connectivity index (χ2n) is 8.50. The van der Waals surface area contributed by atoms with Crippen LogP contribution in [-0.2, 0) is 4.79 Å². The standard InChI is InChI=1S/C24H31FN4O2/c1-16(26-2)20-5-3-6-21(28-20)24(30)29-14-4-7-23(29)22-15-19(12-13-27-22)31-18-10-8-17(25)9-11-18/h8-13,15-16,20-21,23,26,28H,3-7,14H2,1-2H3. The van der Waals surface area contributed by atoms with Gasteiger partial charge in [-0.25, -0.2) is 4.39 Å². The van der Waals surface area contributed by atoms with Gasteiger partial charge in [0.05, 0.1) is 17.8 Å². The molecular weight excluding hydrogens is 395 g/mol. The van der Waals surface area contributed by atoms with E-state index in [1.54, 1.807) is 24.4 Å². The molecule has 2 N–H and O–H groups in total. The van der Waals surface area contributed by atoms with Gasteiger partial charge in [0.15, 0.2) is 0 Å². The van der Waals surface area contributed by atoms with Crippen LogP contribution in [0.4, 0.5) is 4.39 Å². The van der Waals surface area contributed by atoms with E-state index in [-0.39, 0.29) is 23.8 Å². The van der Waals surface area contributed by atoms with Gasteiger partial charge in [0.2, 0.25) is 5.91 Å². The molecule has 166 valence electrons. The zero-order valence-corrected chi connectivity index (χ0v) is 18.2. The summed E-state index contributed by atoms with van der Waals surface area (Å²) >= 11 is 0. The monoisotopic (exact) mass is 426 g/mol. The molecule has 0 radical (unpaired) electrons. The van der Waals surface area contributed by atoms with Crippen LogP contribution < -0.4 is 15.4 Å². The molecule has 1 aromatic carbocycles. The van der Waals surface area contributed by atoms with E-state index in [2.05, 4.69) is 22.5 Å². The van der Waals surface area contributed by atoms with Crippen molar-refractivity contribution in [2.45, 2.75) is 63.2 Å². The molecule has 2 saturated heterocycles. The van der Waals surface area contributed by atoms with Gasteiger partial charge in [-0.1, -0.05) is 0 Å². The zero-order chi connectivity index (χ0) is 21.8. The Balaban J connectivity index is 1.46. The first-order valence-corrected chi connectivity index (χ1v) is 11.2. The number of aromatic nitrogens is 1. The molecule has 2 aliphatic heterocycles. The molecule has 0 saturated carbocycles. The second-order valence-corrected chi connectivity index (χ2v) is 8.50. The normalized spacial score (nSPS) is 24.7. The van der Waals surface area contributed by atoms with Gasteiger partial charge < -0.3 is 20.3 Å². The predicted octanol–water partition coefficient (Wildman–Crippen LogP) is 3.80. The Bertz CT molecular complexity index is 891. The Morgan fingerprint density at radius 1 is 1.19 bits per heavy atom. The average Bonchev–Trinajstić information content (AvgIpc) is 3.30. The van der Waals surface area contributed by atoms with Gasteiger partial charge >= 0.3 is 0 Å². The highest BCUT2D eigenvalue weighted by molar-refractivity contribution is 5.82. The Morgan fingerprint density at radius 3 is 2.77 bits per heavy atom. The van der Waals surface area contributed by atoms with Crippen molar-refractivity contribution >= 4 is 5.91 Å². The molecule has 4 unspecified atom stereocenters. The summed E-state index contributed by atoms with van der Waals surface area (Å²) in [6.45, 7) is 2.90. The van der Waals surface area contributed by atoms with Crippen LogP contribution in [0.1, 0.15) is 50.8 Å². The number of pyridine rings is 1. The molecule has 2 aromatic rings. The summed E-state index contributed by atoms with van der Waals surface area (Å²) in [7, 11) is 1.96. The topological polar surface area (TPSA) is 66.5 Å². The number of hydrogen-bond donors (Lipinski definition) is 2. The van der Waals surface area contributed by atoms with Crippen LogP contribution in [0.5, 0.6) is 11.5 Å². The Labute approximate surface area is 183 Å². The van der Waals surface area contributed by atoms with E-state index in [1.807, 2.05) is 18.0 Å². The van der Waals surface area contributed by atoms with Crippen molar-refractivity contribution in [1.82, 2.24) is 20.5 Å². The molecule has 4 atom stereocenters. The molecule has 4 rings (SSSR count). The average molecular weight is 427 g/mol. The van der Waals surface area contributed by atoms with E-state index in [4.69, 9.17) is 4.74 Å². The molecular formula is C24H31FN4O2. The summed E-state index contributed by atoms with van der Waals surface area (Å²) in [6, 6.07) is 10.0. The third kappa shape index (κ3) is 5.05. The largest absolute Gasteiger partial charge is 0.457 e. The number of nitrogens with one attached hydrogen (secondary N) is 2. The first-order chi connectivity index (χ1) is 15.0. The number of amides is 1. The third-order valence-corrected chi connectivity index (χ3v) is 6.46. The fourth-order valence-electron chi connectivity index (χ4n) is 4.61.